The number of nitrogens with zero attached hydrogens (tertiary/aromatic N) is 4. The molecular formula is C19H15F2N5. The molecule has 4 rings (SSSR count). The van der Waals surface area contributed by atoms with Gasteiger partial charge in [0.1, 0.15) is 23.4 Å². The van der Waals surface area contributed by atoms with E-state index in [1.54, 1.807) is 23.0 Å². The summed E-state index contributed by atoms with van der Waals surface area (Å²) >= 11 is 0. The summed E-state index contributed by atoms with van der Waals surface area (Å²) in [6, 6.07) is 8.99. The van der Waals surface area contributed by atoms with Crippen LogP contribution in [-0.2, 0) is 6.42 Å². The molecule has 130 valence electrons. The van der Waals surface area contributed by atoms with Crippen molar-refractivity contribution in [1.82, 2.24) is 14.8 Å². The molecule has 0 spiro atoms. The number of rotatable bonds is 3. The Morgan fingerprint density at radius 3 is 2.81 bits per heavy atom. The summed E-state index contributed by atoms with van der Waals surface area (Å²) in [6.45, 7) is 0. The molecule has 0 amide bonds. The highest BCUT2D eigenvalue weighted by molar-refractivity contribution is 5.44. The number of hydrogen-bond acceptors (Lipinski definition) is 4. The van der Waals surface area contributed by atoms with Gasteiger partial charge in [0.15, 0.2) is 5.82 Å². The van der Waals surface area contributed by atoms with E-state index in [2.05, 4.69) is 15.4 Å². The molecule has 1 N–H and O–H groups in total. The molecule has 5 nitrogen and oxygen atoms in total. The molecule has 1 aliphatic carbocycles. The summed E-state index contributed by atoms with van der Waals surface area (Å²) < 4.78 is 28.9. The number of fused-ring (bicyclic) bond motifs is 1. The average molecular weight is 351 g/mol. The van der Waals surface area contributed by atoms with Crippen LogP contribution in [-0.4, -0.2) is 14.8 Å². The first kappa shape index (κ1) is 16.2. The van der Waals surface area contributed by atoms with E-state index >= 15 is 0 Å². The molecule has 0 bridgehead atoms. The fourth-order valence-corrected chi connectivity index (χ4v) is 3.29. The first-order valence-electron chi connectivity index (χ1n) is 8.30. The Balaban J connectivity index is 1.65. The predicted octanol–water partition coefficient (Wildman–Crippen LogP) is 3.91. The first-order valence-corrected chi connectivity index (χ1v) is 8.30. The summed E-state index contributed by atoms with van der Waals surface area (Å²) in [5.41, 5.74) is 2.63. The summed E-state index contributed by atoms with van der Waals surface area (Å²) in [6.07, 6.45) is 5.81. The lowest BCUT2D eigenvalue weighted by Gasteiger charge is -2.24. The maximum Gasteiger partial charge on any atom is 0.151 e. The van der Waals surface area contributed by atoms with E-state index in [1.165, 1.54) is 18.3 Å². The smallest absolute Gasteiger partial charge is 0.151 e. The quantitative estimate of drug-likeness (QED) is 0.777. The van der Waals surface area contributed by atoms with E-state index in [0.29, 0.717) is 11.4 Å². The number of pyridine rings is 1. The van der Waals surface area contributed by atoms with E-state index in [-0.39, 0.29) is 11.7 Å². The molecule has 26 heavy (non-hydrogen) atoms. The fourth-order valence-electron chi connectivity index (χ4n) is 3.29. The summed E-state index contributed by atoms with van der Waals surface area (Å²) in [4.78, 5) is 4.24. The van der Waals surface area contributed by atoms with Crippen LogP contribution < -0.4 is 5.32 Å². The summed E-state index contributed by atoms with van der Waals surface area (Å²) in [5.74, 6) is -0.582. The molecule has 0 fully saturated rings. The number of halogens is 2. The molecule has 1 aliphatic rings. The lowest BCUT2D eigenvalue weighted by molar-refractivity contribution is 0.558. The zero-order valence-corrected chi connectivity index (χ0v) is 13.8. The highest BCUT2D eigenvalue weighted by atomic mass is 19.1. The van der Waals surface area contributed by atoms with E-state index < -0.39 is 11.6 Å². The Morgan fingerprint density at radius 2 is 2.08 bits per heavy atom. The topological polar surface area (TPSA) is 66.5 Å². The Morgan fingerprint density at radius 1 is 1.19 bits per heavy atom. The van der Waals surface area contributed by atoms with E-state index in [0.717, 1.165) is 36.6 Å². The predicted molar refractivity (Wildman–Crippen MR) is 91.7 cm³/mol. The highest BCUT2D eigenvalue weighted by Crippen LogP contribution is 2.33. The molecule has 1 atom stereocenters. The van der Waals surface area contributed by atoms with Crippen LogP contribution in [0.5, 0.6) is 0 Å². The number of nitriles is 1. The van der Waals surface area contributed by atoms with Crippen LogP contribution in [0.25, 0.3) is 5.69 Å². The fraction of sp³-hybridized carbons (Fsp3) is 0.211. The number of anilines is 1. The van der Waals surface area contributed by atoms with Gasteiger partial charge < -0.3 is 5.32 Å². The van der Waals surface area contributed by atoms with Crippen LogP contribution in [0.4, 0.5) is 14.6 Å². The third-order valence-electron chi connectivity index (χ3n) is 4.54. The van der Waals surface area contributed by atoms with Crippen molar-refractivity contribution < 1.29 is 8.78 Å². The normalized spacial score (nSPS) is 16.0. The Hall–Kier alpha value is -3.27. The van der Waals surface area contributed by atoms with Gasteiger partial charge in [-0.2, -0.15) is 10.4 Å². The highest BCUT2D eigenvalue weighted by Gasteiger charge is 2.26. The van der Waals surface area contributed by atoms with Crippen molar-refractivity contribution >= 4 is 5.82 Å². The standard InChI is InChI=1S/C19H15F2N5/c20-13-5-6-18(15(21)8-13)26-17-3-1-2-16(14(17)11-24-26)25-19-7-4-12(9-22)10-23-19/h4-8,10-11,16H,1-3H2,(H,23,25). The van der Waals surface area contributed by atoms with Crippen molar-refractivity contribution in [2.45, 2.75) is 25.3 Å². The SMILES string of the molecule is N#Cc1ccc(NC2CCCc3c2cnn3-c2ccc(F)cc2F)nc1. The van der Waals surface area contributed by atoms with Gasteiger partial charge in [-0.25, -0.2) is 18.4 Å². The lowest BCUT2D eigenvalue weighted by Crippen LogP contribution is -2.19. The van der Waals surface area contributed by atoms with Crippen molar-refractivity contribution in [2.24, 2.45) is 0 Å². The molecule has 0 radical (unpaired) electrons. The van der Waals surface area contributed by atoms with Gasteiger partial charge in [-0.15, -0.1) is 0 Å². The van der Waals surface area contributed by atoms with Crippen LogP contribution in [0.3, 0.4) is 0 Å². The molecule has 1 unspecified atom stereocenters. The molecule has 1 aromatic carbocycles. The van der Waals surface area contributed by atoms with E-state index in [1.807, 2.05) is 6.07 Å². The molecule has 3 aromatic rings. The summed E-state index contributed by atoms with van der Waals surface area (Å²) in [7, 11) is 0. The minimum Gasteiger partial charge on any atom is -0.363 e. The maximum absolute atomic E-state index is 14.1. The second-order valence-corrected chi connectivity index (χ2v) is 6.19. The Kier molecular flexibility index (Phi) is 4.09. The second-order valence-electron chi connectivity index (χ2n) is 6.19. The van der Waals surface area contributed by atoms with E-state index in [9.17, 15) is 8.78 Å². The third-order valence-corrected chi connectivity index (χ3v) is 4.54. The largest absolute Gasteiger partial charge is 0.363 e. The third kappa shape index (κ3) is 2.90. The van der Waals surface area contributed by atoms with Crippen molar-refractivity contribution in [3.8, 4) is 11.8 Å². The number of benzene rings is 1. The Labute approximate surface area is 148 Å². The van der Waals surface area contributed by atoms with Gasteiger partial charge in [-0.3, -0.25) is 0 Å². The van der Waals surface area contributed by atoms with Crippen LogP contribution in [0, 0.1) is 23.0 Å². The van der Waals surface area contributed by atoms with Crippen molar-refractivity contribution in [2.75, 3.05) is 5.32 Å². The molecular weight excluding hydrogens is 336 g/mol. The van der Waals surface area contributed by atoms with Crippen LogP contribution in [0.1, 0.15) is 35.7 Å². The van der Waals surface area contributed by atoms with Gasteiger partial charge in [-0.05, 0) is 43.5 Å². The minimum atomic E-state index is -0.639. The van der Waals surface area contributed by atoms with Crippen LogP contribution in [0.15, 0.2) is 42.7 Å². The molecule has 0 saturated carbocycles. The number of nitrogens with one attached hydrogen (secondary N) is 1. The van der Waals surface area contributed by atoms with Crippen molar-refractivity contribution in [3.63, 3.8) is 0 Å². The molecule has 7 heteroatoms. The average Bonchev–Trinajstić information content (AvgIpc) is 3.07. The molecule has 2 aromatic heterocycles. The van der Waals surface area contributed by atoms with Crippen molar-refractivity contribution in [1.29, 1.82) is 5.26 Å². The number of hydrogen-bond donors (Lipinski definition) is 1. The molecule has 0 saturated heterocycles. The van der Waals surface area contributed by atoms with Gasteiger partial charge in [0.2, 0.25) is 0 Å². The molecule has 2 heterocycles. The van der Waals surface area contributed by atoms with Gasteiger partial charge in [-0.1, -0.05) is 0 Å². The lowest BCUT2D eigenvalue weighted by atomic mass is 9.93. The van der Waals surface area contributed by atoms with E-state index in [4.69, 9.17) is 5.26 Å². The minimum absolute atomic E-state index is 0.00329. The Bertz CT molecular complexity index is 988. The van der Waals surface area contributed by atoms with Crippen LogP contribution >= 0.6 is 0 Å². The summed E-state index contributed by atoms with van der Waals surface area (Å²) in [5, 5.41) is 16.5. The zero-order chi connectivity index (χ0) is 18.1. The monoisotopic (exact) mass is 351 g/mol. The first-order chi connectivity index (χ1) is 12.7. The zero-order valence-electron chi connectivity index (χ0n) is 13.8. The number of aromatic nitrogens is 3. The van der Waals surface area contributed by atoms with Crippen LogP contribution in [0.2, 0.25) is 0 Å². The second kappa shape index (κ2) is 6.56. The van der Waals surface area contributed by atoms with Gasteiger partial charge in [0, 0.05) is 23.5 Å². The van der Waals surface area contributed by atoms with Gasteiger partial charge in [0.25, 0.3) is 0 Å². The molecule has 0 aliphatic heterocycles. The van der Waals surface area contributed by atoms with Gasteiger partial charge >= 0.3 is 0 Å². The van der Waals surface area contributed by atoms with Crippen molar-refractivity contribution in [3.05, 3.63) is 71.2 Å². The van der Waals surface area contributed by atoms with Gasteiger partial charge in [0.05, 0.1) is 17.8 Å². The maximum atomic E-state index is 14.1.